The molecular weight excluding hydrogens is 252 g/mol. The number of rotatable bonds is 0. The molecule has 0 saturated carbocycles. The fraction of sp³-hybridized carbons (Fsp3) is 0.0833. The van der Waals surface area contributed by atoms with E-state index in [2.05, 4.69) is 16.0 Å². The zero-order chi connectivity index (χ0) is 13.2. The maximum absolute atomic E-state index is 9.19. The van der Waals surface area contributed by atoms with Crippen LogP contribution in [-0.2, 0) is 10.1 Å². The van der Waals surface area contributed by atoms with E-state index in [0.717, 1.165) is 5.52 Å². The molecule has 2 N–H and O–H groups in total. The van der Waals surface area contributed by atoms with Crippen molar-refractivity contribution >= 4 is 31.9 Å². The quantitative estimate of drug-likeness (QED) is 0.610. The number of H-pyrrole nitrogens is 1. The fourth-order valence-corrected chi connectivity index (χ4v) is 1.66. The molecule has 0 atom stereocenters. The van der Waals surface area contributed by atoms with E-state index < -0.39 is 10.1 Å². The summed E-state index contributed by atoms with van der Waals surface area (Å²) in [5.74, 6) is 0. The molecule has 2 heterocycles. The van der Waals surface area contributed by atoms with Crippen LogP contribution in [0.5, 0.6) is 0 Å². The molecule has 0 saturated heterocycles. The molecule has 0 bridgehead atoms. The number of hydrogen-bond acceptors (Lipinski definition) is 3. The predicted octanol–water partition coefficient (Wildman–Crippen LogP) is 2.22. The normalized spacial score (nSPS) is 11.2. The van der Waals surface area contributed by atoms with Gasteiger partial charge in [-0.25, -0.2) is 0 Å². The SMILES string of the molecule is CS(=O)(=O)O.c1ccc2c(c1)ncc1cc[nH]c12. The average Bonchev–Trinajstić information content (AvgIpc) is 2.75. The summed E-state index contributed by atoms with van der Waals surface area (Å²) < 4.78 is 25.9. The number of nitrogens with one attached hydrogen (secondary N) is 1. The first-order valence-corrected chi connectivity index (χ1v) is 7.03. The number of benzene rings is 1. The van der Waals surface area contributed by atoms with Crippen molar-refractivity contribution < 1.29 is 13.0 Å². The van der Waals surface area contributed by atoms with Gasteiger partial charge in [0.2, 0.25) is 0 Å². The number of aromatic amines is 1. The van der Waals surface area contributed by atoms with Crippen LogP contribution in [0, 0.1) is 0 Å². The summed E-state index contributed by atoms with van der Waals surface area (Å²) in [4.78, 5) is 7.58. The number of fused-ring (bicyclic) bond motifs is 3. The molecule has 0 spiro atoms. The summed E-state index contributed by atoms with van der Waals surface area (Å²) in [5, 5.41) is 2.35. The second-order valence-corrected chi connectivity index (χ2v) is 5.28. The molecule has 94 valence electrons. The topological polar surface area (TPSA) is 83.1 Å². The Morgan fingerprint density at radius 1 is 1.22 bits per heavy atom. The Balaban J connectivity index is 0.000000209. The molecule has 6 heteroatoms. The second kappa shape index (κ2) is 4.75. The Bertz CT molecular complexity index is 770. The first-order chi connectivity index (χ1) is 8.45. The summed E-state index contributed by atoms with van der Waals surface area (Å²) >= 11 is 0. The minimum atomic E-state index is -3.67. The highest BCUT2D eigenvalue weighted by atomic mass is 32.2. The molecule has 0 aliphatic heterocycles. The van der Waals surface area contributed by atoms with Crippen molar-refractivity contribution in [1.29, 1.82) is 0 Å². The maximum atomic E-state index is 9.19. The third kappa shape index (κ3) is 3.06. The molecule has 2 aromatic heterocycles. The molecule has 1 aromatic carbocycles. The average molecular weight is 264 g/mol. The summed E-state index contributed by atoms with van der Waals surface area (Å²) in [5.41, 5.74) is 2.21. The number of nitrogens with zero attached hydrogens (tertiary/aromatic N) is 1. The Morgan fingerprint density at radius 3 is 2.61 bits per heavy atom. The number of para-hydroxylation sites is 1. The van der Waals surface area contributed by atoms with Gasteiger partial charge in [-0.3, -0.25) is 9.54 Å². The van der Waals surface area contributed by atoms with E-state index in [1.165, 1.54) is 16.3 Å². The Labute approximate surface area is 104 Å². The highest BCUT2D eigenvalue weighted by Gasteiger charge is 1.99. The van der Waals surface area contributed by atoms with E-state index >= 15 is 0 Å². The monoisotopic (exact) mass is 264 g/mol. The number of pyridine rings is 1. The van der Waals surface area contributed by atoms with Gasteiger partial charge >= 0.3 is 0 Å². The lowest BCUT2D eigenvalue weighted by atomic mass is 10.2. The molecule has 5 nitrogen and oxygen atoms in total. The molecule has 0 amide bonds. The standard InChI is InChI=1S/C11H8N2.CH4O3S/c1-2-4-10-9(3-1)11-8(7-13-10)5-6-12-11;1-5(2,3)4/h1-7,12H;1H3,(H,2,3,4). The van der Waals surface area contributed by atoms with Crippen LogP contribution in [0.15, 0.2) is 42.7 Å². The summed E-state index contributed by atoms with van der Waals surface area (Å²) in [6, 6.07) is 10.2. The van der Waals surface area contributed by atoms with Crippen LogP contribution in [0.1, 0.15) is 0 Å². The first-order valence-electron chi connectivity index (χ1n) is 5.18. The van der Waals surface area contributed by atoms with Crippen molar-refractivity contribution in [2.75, 3.05) is 6.26 Å². The van der Waals surface area contributed by atoms with Gasteiger partial charge in [0.05, 0.1) is 17.3 Å². The van der Waals surface area contributed by atoms with E-state index in [9.17, 15) is 8.42 Å². The lowest BCUT2D eigenvalue weighted by Crippen LogP contribution is -1.88. The van der Waals surface area contributed by atoms with Crippen LogP contribution in [-0.4, -0.2) is 29.2 Å². The Kier molecular flexibility index (Phi) is 3.31. The van der Waals surface area contributed by atoms with Crippen molar-refractivity contribution in [3.8, 4) is 0 Å². The molecule has 3 rings (SSSR count). The van der Waals surface area contributed by atoms with E-state index in [1.54, 1.807) is 0 Å². The van der Waals surface area contributed by atoms with Gasteiger partial charge in [0, 0.05) is 23.2 Å². The van der Waals surface area contributed by atoms with Crippen LogP contribution in [0.3, 0.4) is 0 Å². The lowest BCUT2D eigenvalue weighted by Gasteiger charge is -1.96. The van der Waals surface area contributed by atoms with Crippen LogP contribution in [0.25, 0.3) is 21.8 Å². The lowest BCUT2D eigenvalue weighted by molar-refractivity contribution is 0.490. The van der Waals surface area contributed by atoms with E-state index in [-0.39, 0.29) is 0 Å². The molecule has 18 heavy (non-hydrogen) atoms. The predicted molar refractivity (Wildman–Crippen MR) is 71.1 cm³/mol. The molecule has 0 aliphatic carbocycles. The van der Waals surface area contributed by atoms with Gasteiger partial charge in [-0.2, -0.15) is 8.42 Å². The number of aromatic nitrogens is 2. The van der Waals surface area contributed by atoms with Crippen LogP contribution < -0.4 is 0 Å². The molecule has 0 radical (unpaired) electrons. The third-order valence-corrected chi connectivity index (χ3v) is 2.30. The van der Waals surface area contributed by atoms with Crippen LogP contribution >= 0.6 is 0 Å². The van der Waals surface area contributed by atoms with E-state index in [4.69, 9.17) is 4.55 Å². The second-order valence-electron chi connectivity index (χ2n) is 3.82. The van der Waals surface area contributed by atoms with Crippen LogP contribution in [0.4, 0.5) is 0 Å². The largest absolute Gasteiger partial charge is 0.361 e. The summed E-state index contributed by atoms with van der Waals surface area (Å²) in [6.45, 7) is 0. The van der Waals surface area contributed by atoms with Gasteiger partial charge in [-0.05, 0) is 12.1 Å². The Hall–Kier alpha value is -1.92. The molecule has 0 unspecified atom stereocenters. The number of hydrogen-bond donors (Lipinski definition) is 2. The van der Waals surface area contributed by atoms with Gasteiger partial charge in [0.25, 0.3) is 10.1 Å². The molecule has 3 aromatic rings. The molecule has 0 aliphatic rings. The summed E-state index contributed by atoms with van der Waals surface area (Å²) in [7, 11) is -3.67. The highest BCUT2D eigenvalue weighted by molar-refractivity contribution is 7.85. The van der Waals surface area contributed by atoms with Gasteiger partial charge in [0.15, 0.2) is 0 Å². The molecule has 0 fully saturated rings. The smallest absolute Gasteiger partial charge is 0.261 e. The van der Waals surface area contributed by atoms with Crippen molar-refractivity contribution in [3.63, 3.8) is 0 Å². The van der Waals surface area contributed by atoms with Crippen molar-refractivity contribution in [3.05, 3.63) is 42.7 Å². The van der Waals surface area contributed by atoms with E-state index in [0.29, 0.717) is 6.26 Å². The highest BCUT2D eigenvalue weighted by Crippen LogP contribution is 2.20. The zero-order valence-electron chi connectivity index (χ0n) is 9.66. The van der Waals surface area contributed by atoms with Crippen molar-refractivity contribution in [2.24, 2.45) is 0 Å². The zero-order valence-corrected chi connectivity index (χ0v) is 10.5. The first kappa shape index (κ1) is 12.5. The minimum absolute atomic E-state index is 0.715. The third-order valence-electron chi connectivity index (χ3n) is 2.30. The minimum Gasteiger partial charge on any atom is -0.361 e. The fourth-order valence-electron chi connectivity index (χ4n) is 1.66. The van der Waals surface area contributed by atoms with E-state index in [1.807, 2.05) is 36.7 Å². The molecular formula is C12H12N2O3S. The summed E-state index contributed by atoms with van der Waals surface area (Å²) in [6.07, 6.45) is 4.56. The van der Waals surface area contributed by atoms with Crippen molar-refractivity contribution in [2.45, 2.75) is 0 Å². The van der Waals surface area contributed by atoms with Gasteiger partial charge in [-0.1, -0.05) is 18.2 Å². The Morgan fingerprint density at radius 2 is 1.89 bits per heavy atom. The van der Waals surface area contributed by atoms with Crippen LogP contribution in [0.2, 0.25) is 0 Å². The van der Waals surface area contributed by atoms with Crippen molar-refractivity contribution in [1.82, 2.24) is 9.97 Å². The van der Waals surface area contributed by atoms with Gasteiger partial charge in [-0.15, -0.1) is 0 Å². The van der Waals surface area contributed by atoms with Gasteiger partial charge < -0.3 is 4.98 Å². The maximum Gasteiger partial charge on any atom is 0.261 e. The van der Waals surface area contributed by atoms with Gasteiger partial charge in [0.1, 0.15) is 0 Å².